The minimum absolute atomic E-state index is 0.131. The third-order valence-corrected chi connectivity index (χ3v) is 4.04. The van der Waals surface area contributed by atoms with Crippen LogP contribution < -0.4 is 11.1 Å². The third kappa shape index (κ3) is 1.17. The molecule has 0 bridgehead atoms. The van der Waals surface area contributed by atoms with Gasteiger partial charge in [-0.1, -0.05) is 24.3 Å². The summed E-state index contributed by atoms with van der Waals surface area (Å²) in [5.41, 5.74) is 7.51. The van der Waals surface area contributed by atoms with Crippen molar-refractivity contribution in [2.24, 2.45) is 17.1 Å². The van der Waals surface area contributed by atoms with Gasteiger partial charge in [0.2, 0.25) is 0 Å². The van der Waals surface area contributed by atoms with Gasteiger partial charge in [-0.2, -0.15) is 0 Å². The maximum atomic E-state index is 12.4. The molecule has 17 heavy (non-hydrogen) atoms. The zero-order valence-electron chi connectivity index (χ0n) is 9.86. The van der Waals surface area contributed by atoms with E-state index in [1.54, 1.807) is 0 Å². The van der Waals surface area contributed by atoms with Crippen molar-refractivity contribution in [1.29, 1.82) is 0 Å². The van der Waals surface area contributed by atoms with E-state index in [0.717, 1.165) is 29.8 Å². The molecule has 0 radical (unpaired) electrons. The molecule has 1 aliphatic heterocycles. The number of nitrogens with one attached hydrogen (secondary N) is 1. The van der Waals surface area contributed by atoms with Crippen LogP contribution >= 0.6 is 0 Å². The Morgan fingerprint density at radius 3 is 2.88 bits per heavy atom. The quantitative estimate of drug-likeness (QED) is 0.706. The molecule has 2 aliphatic carbocycles. The minimum atomic E-state index is -0.131. The molecule has 2 fully saturated rings. The Morgan fingerprint density at radius 1 is 1.35 bits per heavy atom. The summed E-state index contributed by atoms with van der Waals surface area (Å²) in [5, 5.41) is 3.36. The van der Waals surface area contributed by atoms with Crippen LogP contribution in [0.25, 0.3) is 6.08 Å². The van der Waals surface area contributed by atoms with Crippen LogP contribution in [0.15, 0.2) is 30.0 Å². The maximum Gasteiger partial charge on any atom is 0.175 e. The van der Waals surface area contributed by atoms with Crippen LogP contribution in [-0.4, -0.2) is 19.4 Å². The highest BCUT2D eigenvalue weighted by Gasteiger charge is 2.66. The normalized spacial score (nSPS) is 31.1. The number of benzene rings is 1. The first-order valence-corrected chi connectivity index (χ1v) is 6.00. The molecule has 0 amide bonds. The molecule has 1 saturated heterocycles. The van der Waals surface area contributed by atoms with Crippen LogP contribution in [0.3, 0.4) is 0 Å². The predicted molar refractivity (Wildman–Crippen MR) is 67.4 cm³/mol. The van der Waals surface area contributed by atoms with Crippen LogP contribution in [0.2, 0.25) is 0 Å². The van der Waals surface area contributed by atoms with Gasteiger partial charge in [-0.05, 0) is 31.0 Å². The lowest BCUT2D eigenvalue weighted by molar-refractivity contribution is 0.0917. The largest absolute Gasteiger partial charge is 0.387 e. The van der Waals surface area contributed by atoms with Gasteiger partial charge in [-0.3, -0.25) is 4.79 Å². The number of piperidine rings is 1. The van der Waals surface area contributed by atoms with Gasteiger partial charge in [-0.15, -0.1) is 0 Å². The van der Waals surface area contributed by atoms with Gasteiger partial charge in [0.1, 0.15) is 0 Å². The van der Waals surface area contributed by atoms with Gasteiger partial charge in [-0.25, -0.2) is 0 Å². The molecule has 2 atom stereocenters. The van der Waals surface area contributed by atoms with Gasteiger partial charge < -0.3 is 11.1 Å². The van der Waals surface area contributed by atoms with Crippen LogP contribution in [0.1, 0.15) is 22.3 Å². The number of carbonyl (C=O) groups is 1. The number of hydrogen-bond acceptors (Lipinski definition) is 3. The number of hydrogen-bond donors (Lipinski definition) is 2. The summed E-state index contributed by atoms with van der Waals surface area (Å²) in [5.74, 6) is 0.898. The Hall–Kier alpha value is -1.61. The summed E-state index contributed by atoms with van der Waals surface area (Å²) in [7, 11) is 1.50. The van der Waals surface area contributed by atoms with Gasteiger partial charge >= 0.3 is 0 Å². The molecule has 3 N–H and O–H groups in total. The van der Waals surface area contributed by atoms with E-state index in [2.05, 4.69) is 17.1 Å². The lowest BCUT2D eigenvalue weighted by Crippen LogP contribution is -2.26. The van der Waals surface area contributed by atoms with Gasteiger partial charge in [0.05, 0.1) is 5.41 Å². The van der Waals surface area contributed by atoms with Crippen molar-refractivity contribution in [3.8, 4) is 0 Å². The Bertz CT molecular complexity index is 521. The van der Waals surface area contributed by atoms with Crippen molar-refractivity contribution in [3.05, 3.63) is 41.1 Å². The molecule has 1 aromatic rings. The van der Waals surface area contributed by atoms with Crippen molar-refractivity contribution < 1.29 is 4.79 Å². The fourth-order valence-electron chi connectivity index (χ4n) is 3.10. The zero-order valence-corrected chi connectivity index (χ0v) is 9.86. The first-order valence-electron chi connectivity index (χ1n) is 6.00. The van der Waals surface area contributed by atoms with Crippen molar-refractivity contribution in [2.75, 3.05) is 13.6 Å². The van der Waals surface area contributed by atoms with E-state index in [9.17, 15) is 4.79 Å². The molecule has 88 valence electrons. The molecule has 1 aromatic carbocycles. The number of Topliss-reactive ketones (excluding diaryl/α,β-unsaturated/α-hetero) is 1. The monoisotopic (exact) mass is 228 g/mol. The standard InChI is InChI=1S/C13H11NO.CH5N/c15-12-10-4-2-1-3-8(10)5-11-13(12)6-9(13)7-14-11;1-2/h1-5,9,14H,6-7H2;2H2,1H3. The summed E-state index contributed by atoms with van der Waals surface area (Å²) in [4.78, 5) is 12.4. The fraction of sp³-hybridized carbons (Fsp3) is 0.357. The number of ketones is 1. The van der Waals surface area contributed by atoms with Crippen LogP contribution in [0.5, 0.6) is 0 Å². The second kappa shape index (κ2) is 3.44. The average Bonchev–Trinajstić information content (AvgIpc) is 3.02. The minimum Gasteiger partial charge on any atom is -0.387 e. The van der Waals surface area contributed by atoms with Crippen LogP contribution in [0.4, 0.5) is 0 Å². The molecule has 2 unspecified atom stereocenters. The van der Waals surface area contributed by atoms with Crippen molar-refractivity contribution in [3.63, 3.8) is 0 Å². The van der Waals surface area contributed by atoms with E-state index in [0.29, 0.717) is 11.7 Å². The first kappa shape index (κ1) is 10.5. The van der Waals surface area contributed by atoms with Crippen LogP contribution in [-0.2, 0) is 0 Å². The molecule has 3 aliphatic rings. The molecular weight excluding hydrogens is 212 g/mol. The zero-order chi connectivity index (χ0) is 12.0. The Balaban J connectivity index is 0.000000431. The van der Waals surface area contributed by atoms with E-state index in [1.807, 2.05) is 24.3 Å². The van der Waals surface area contributed by atoms with E-state index in [4.69, 9.17) is 0 Å². The van der Waals surface area contributed by atoms with Crippen molar-refractivity contribution >= 4 is 11.9 Å². The molecular formula is C14H16N2O. The summed E-state index contributed by atoms with van der Waals surface area (Å²) in [6, 6.07) is 7.91. The molecule has 3 heteroatoms. The first-order chi connectivity index (χ1) is 8.32. The molecule has 1 heterocycles. The highest BCUT2D eigenvalue weighted by atomic mass is 16.1. The van der Waals surface area contributed by atoms with E-state index < -0.39 is 0 Å². The Kier molecular flexibility index (Phi) is 2.13. The molecule has 1 saturated carbocycles. The second-order valence-electron chi connectivity index (χ2n) is 4.73. The number of nitrogens with two attached hydrogens (primary N) is 1. The van der Waals surface area contributed by atoms with E-state index in [-0.39, 0.29) is 5.41 Å². The van der Waals surface area contributed by atoms with Gasteiger partial charge in [0.15, 0.2) is 5.78 Å². The Labute approximate surface area is 101 Å². The predicted octanol–water partition coefficient (Wildman–Crippen LogP) is 1.41. The fourth-order valence-corrected chi connectivity index (χ4v) is 3.10. The average molecular weight is 228 g/mol. The second-order valence-corrected chi connectivity index (χ2v) is 4.73. The van der Waals surface area contributed by atoms with Crippen molar-refractivity contribution in [2.45, 2.75) is 6.42 Å². The number of rotatable bonds is 0. The van der Waals surface area contributed by atoms with E-state index in [1.165, 1.54) is 7.05 Å². The summed E-state index contributed by atoms with van der Waals surface area (Å²) >= 11 is 0. The number of fused-ring (bicyclic) bond motifs is 1. The lowest BCUT2D eigenvalue weighted by Gasteiger charge is -2.21. The van der Waals surface area contributed by atoms with E-state index >= 15 is 0 Å². The molecule has 1 spiro atoms. The maximum absolute atomic E-state index is 12.4. The van der Waals surface area contributed by atoms with Gasteiger partial charge in [0.25, 0.3) is 0 Å². The topological polar surface area (TPSA) is 55.1 Å². The SMILES string of the molecule is CN.O=C1c2ccccc2C=C2NCC3CC123. The third-order valence-electron chi connectivity index (χ3n) is 4.04. The number of carbonyl (C=O) groups excluding carboxylic acids is 1. The summed E-state index contributed by atoms with van der Waals surface area (Å²) in [6.45, 7) is 0.978. The van der Waals surface area contributed by atoms with Gasteiger partial charge in [0, 0.05) is 17.8 Å². The molecule has 4 rings (SSSR count). The molecule has 0 aromatic heterocycles. The van der Waals surface area contributed by atoms with Crippen LogP contribution in [0, 0.1) is 11.3 Å². The highest BCUT2D eigenvalue weighted by molar-refractivity contribution is 6.10. The highest BCUT2D eigenvalue weighted by Crippen LogP contribution is 2.63. The molecule has 3 nitrogen and oxygen atoms in total. The summed E-state index contributed by atoms with van der Waals surface area (Å²) in [6.07, 6.45) is 3.21. The number of allylic oxidation sites excluding steroid dienone is 1. The smallest absolute Gasteiger partial charge is 0.175 e. The summed E-state index contributed by atoms with van der Waals surface area (Å²) < 4.78 is 0. The Morgan fingerprint density at radius 2 is 2.12 bits per heavy atom. The van der Waals surface area contributed by atoms with Crippen molar-refractivity contribution in [1.82, 2.24) is 5.32 Å². The lowest BCUT2D eigenvalue weighted by atomic mass is 9.83.